The monoisotopic (exact) mass is 338 g/mol. The van der Waals surface area contributed by atoms with E-state index in [9.17, 15) is 4.79 Å². The molecule has 3 nitrogen and oxygen atoms in total. The molecular weight excluding hydrogens is 316 g/mol. The normalized spacial score (nSPS) is 12.3. The van der Waals surface area contributed by atoms with Crippen LogP contribution in [0.25, 0.3) is 10.2 Å². The number of aryl methyl sites for hydroxylation is 1. The SMILES string of the molecule is CCc1cc(Nc2nc3ccccc3s2)ccc1C(=O)C(C)CC. The number of nitrogens with one attached hydrogen (secondary N) is 1. The third-order valence-corrected chi connectivity index (χ3v) is 5.31. The Balaban J connectivity index is 1.87. The highest BCUT2D eigenvalue weighted by Gasteiger charge is 2.16. The number of hydrogen-bond acceptors (Lipinski definition) is 4. The fourth-order valence-corrected chi connectivity index (χ4v) is 3.59. The van der Waals surface area contributed by atoms with Crippen LogP contribution in [0.5, 0.6) is 0 Å². The molecular formula is C20H22N2OS. The molecule has 1 atom stereocenters. The van der Waals surface area contributed by atoms with Crippen LogP contribution in [0.3, 0.4) is 0 Å². The minimum Gasteiger partial charge on any atom is -0.332 e. The van der Waals surface area contributed by atoms with E-state index in [1.165, 1.54) is 4.70 Å². The number of nitrogens with zero attached hydrogens (tertiary/aromatic N) is 1. The second-order valence-corrected chi connectivity index (χ2v) is 7.04. The van der Waals surface area contributed by atoms with Crippen molar-refractivity contribution in [3.63, 3.8) is 0 Å². The van der Waals surface area contributed by atoms with Crippen molar-refractivity contribution in [3.05, 3.63) is 53.6 Å². The summed E-state index contributed by atoms with van der Waals surface area (Å²) in [7, 11) is 0. The molecule has 1 N–H and O–H groups in total. The minimum absolute atomic E-state index is 0.0679. The van der Waals surface area contributed by atoms with Gasteiger partial charge in [0, 0.05) is 17.2 Å². The molecule has 0 radical (unpaired) electrons. The molecule has 0 spiro atoms. The van der Waals surface area contributed by atoms with Gasteiger partial charge in [0.2, 0.25) is 0 Å². The summed E-state index contributed by atoms with van der Waals surface area (Å²) in [6.45, 7) is 6.14. The number of anilines is 2. The van der Waals surface area contributed by atoms with Gasteiger partial charge in [0.25, 0.3) is 0 Å². The molecule has 4 heteroatoms. The van der Waals surface area contributed by atoms with E-state index in [1.807, 2.05) is 37.3 Å². The lowest BCUT2D eigenvalue weighted by Crippen LogP contribution is -2.12. The van der Waals surface area contributed by atoms with E-state index >= 15 is 0 Å². The molecule has 2 aromatic carbocycles. The molecule has 0 amide bonds. The van der Waals surface area contributed by atoms with Crippen LogP contribution in [-0.4, -0.2) is 10.8 Å². The van der Waals surface area contributed by atoms with Gasteiger partial charge in [-0.15, -0.1) is 0 Å². The van der Waals surface area contributed by atoms with E-state index < -0.39 is 0 Å². The van der Waals surface area contributed by atoms with Crippen molar-refractivity contribution in [1.29, 1.82) is 0 Å². The van der Waals surface area contributed by atoms with E-state index in [0.717, 1.165) is 40.3 Å². The van der Waals surface area contributed by atoms with Gasteiger partial charge in [0.1, 0.15) is 0 Å². The van der Waals surface area contributed by atoms with Gasteiger partial charge in [-0.05, 0) is 48.7 Å². The number of carbonyl (C=O) groups is 1. The first-order valence-electron chi connectivity index (χ1n) is 8.42. The number of rotatable bonds is 6. The van der Waals surface area contributed by atoms with Crippen LogP contribution < -0.4 is 5.32 Å². The number of Topliss-reactive ketones (excluding diaryl/α,β-unsaturated/α-hetero) is 1. The predicted octanol–water partition coefficient (Wildman–Crippen LogP) is 5.83. The molecule has 0 saturated heterocycles. The standard InChI is InChI=1S/C20H22N2OS/c1-4-13(3)19(23)16-11-10-15(12-14(16)5-2)21-20-22-17-8-6-7-9-18(17)24-20/h6-13H,4-5H2,1-3H3,(H,21,22). The summed E-state index contributed by atoms with van der Waals surface area (Å²) in [5.74, 6) is 0.305. The van der Waals surface area contributed by atoms with Crippen molar-refractivity contribution in [2.75, 3.05) is 5.32 Å². The first-order valence-corrected chi connectivity index (χ1v) is 9.23. The van der Waals surface area contributed by atoms with Crippen molar-refractivity contribution < 1.29 is 4.79 Å². The highest BCUT2D eigenvalue weighted by Crippen LogP contribution is 2.29. The zero-order valence-corrected chi connectivity index (χ0v) is 15.1. The second kappa shape index (κ2) is 7.14. The summed E-state index contributed by atoms with van der Waals surface area (Å²) in [5.41, 5.74) is 3.92. The third kappa shape index (κ3) is 3.34. The van der Waals surface area contributed by atoms with Gasteiger partial charge in [-0.3, -0.25) is 4.79 Å². The Kier molecular flexibility index (Phi) is 4.95. The van der Waals surface area contributed by atoms with E-state index in [4.69, 9.17) is 0 Å². The topological polar surface area (TPSA) is 42.0 Å². The summed E-state index contributed by atoms with van der Waals surface area (Å²) in [6, 6.07) is 14.1. The lowest BCUT2D eigenvalue weighted by molar-refractivity contribution is 0.0926. The molecule has 1 aromatic heterocycles. The van der Waals surface area contributed by atoms with Gasteiger partial charge in [-0.2, -0.15) is 0 Å². The van der Waals surface area contributed by atoms with E-state index in [0.29, 0.717) is 0 Å². The molecule has 124 valence electrons. The number of ketones is 1. The number of aromatic nitrogens is 1. The molecule has 0 aliphatic carbocycles. The first-order chi connectivity index (χ1) is 11.6. The molecule has 0 aliphatic rings. The number of hydrogen-bond donors (Lipinski definition) is 1. The fraction of sp³-hybridized carbons (Fsp3) is 0.300. The van der Waals surface area contributed by atoms with Crippen molar-refractivity contribution in [2.45, 2.75) is 33.6 Å². The van der Waals surface area contributed by atoms with Gasteiger partial charge in [-0.1, -0.05) is 44.2 Å². The number of para-hydroxylation sites is 1. The van der Waals surface area contributed by atoms with Gasteiger partial charge >= 0.3 is 0 Å². The Hall–Kier alpha value is -2.20. The number of carbonyl (C=O) groups excluding carboxylic acids is 1. The lowest BCUT2D eigenvalue weighted by atomic mass is 9.92. The molecule has 1 heterocycles. The Labute approximate surface area is 146 Å². The van der Waals surface area contributed by atoms with Crippen LogP contribution in [-0.2, 0) is 6.42 Å². The Bertz CT molecular complexity index is 836. The summed E-state index contributed by atoms with van der Waals surface area (Å²) < 4.78 is 1.17. The summed E-state index contributed by atoms with van der Waals surface area (Å²) in [6.07, 6.45) is 1.71. The third-order valence-electron chi connectivity index (χ3n) is 4.36. The molecule has 0 saturated carbocycles. The maximum absolute atomic E-state index is 12.5. The summed E-state index contributed by atoms with van der Waals surface area (Å²) >= 11 is 1.64. The zero-order valence-electron chi connectivity index (χ0n) is 14.3. The maximum atomic E-state index is 12.5. The van der Waals surface area contributed by atoms with Crippen molar-refractivity contribution in [1.82, 2.24) is 4.98 Å². The Morgan fingerprint density at radius 1 is 1.21 bits per heavy atom. The maximum Gasteiger partial charge on any atom is 0.188 e. The predicted molar refractivity (Wildman–Crippen MR) is 103 cm³/mol. The largest absolute Gasteiger partial charge is 0.332 e. The Morgan fingerprint density at radius 3 is 2.71 bits per heavy atom. The van der Waals surface area contributed by atoms with Gasteiger partial charge in [-0.25, -0.2) is 4.98 Å². The molecule has 3 rings (SSSR count). The van der Waals surface area contributed by atoms with Crippen LogP contribution in [0.2, 0.25) is 0 Å². The van der Waals surface area contributed by atoms with Crippen molar-refractivity contribution in [2.24, 2.45) is 5.92 Å². The molecule has 0 aliphatic heterocycles. The Morgan fingerprint density at radius 2 is 2.00 bits per heavy atom. The van der Waals surface area contributed by atoms with E-state index in [-0.39, 0.29) is 11.7 Å². The average Bonchev–Trinajstić information content (AvgIpc) is 3.02. The minimum atomic E-state index is 0.0679. The van der Waals surface area contributed by atoms with Crippen molar-refractivity contribution in [3.8, 4) is 0 Å². The quantitative estimate of drug-likeness (QED) is 0.575. The second-order valence-electron chi connectivity index (χ2n) is 6.01. The number of fused-ring (bicyclic) bond motifs is 1. The molecule has 3 aromatic rings. The van der Waals surface area contributed by atoms with E-state index in [2.05, 4.69) is 36.3 Å². The number of thiazole rings is 1. The lowest BCUT2D eigenvalue weighted by Gasteiger charge is -2.13. The molecule has 0 bridgehead atoms. The van der Waals surface area contributed by atoms with Gasteiger partial charge in [0.05, 0.1) is 10.2 Å². The average molecular weight is 338 g/mol. The summed E-state index contributed by atoms with van der Waals surface area (Å²) in [4.78, 5) is 17.1. The van der Waals surface area contributed by atoms with Crippen LogP contribution in [0.1, 0.15) is 43.1 Å². The van der Waals surface area contributed by atoms with E-state index in [1.54, 1.807) is 11.3 Å². The van der Waals surface area contributed by atoms with Crippen LogP contribution in [0.4, 0.5) is 10.8 Å². The summed E-state index contributed by atoms with van der Waals surface area (Å²) in [5, 5.41) is 4.25. The van der Waals surface area contributed by atoms with Crippen LogP contribution in [0, 0.1) is 5.92 Å². The molecule has 24 heavy (non-hydrogen) atoms. The fourth-order valence-electron chi connectivity index (χ4n) is 2.70. The smallest absolute Gasteiger partial charge is 0.188 e. The highest BCUT2D eigenvalue weighted by molar-refractivity contribution is 7.22. The van der Waals surface area contributed by atoms with Gasteiger partial charge < -0.3 is 5.32 Å². The number of benzene rings is 2. The van der Waals surface area contributed by atoms with Gasteiger partial charge in [0.15, 0.2) is 10.9 Å². The highest BCUT2D eigenvalue weighted by atomic mass is 32.1. The van der Waals surface area contributed by atoms with Crippen molar-refractivity contribution >= 4 is 38.2 Å². The molecule has 1 unspecified atom stereocenters. The van der Waals surface area contributed by atoms with Crippen LogP contribution in [0.15, 0.2) is 42.5 Å². The first kappa shape index (κ1) is 16.7. The van der Waals surface area contributed by atoms with Crippen LogP contribution >= 0.6 is 11.3 Å². The zero-order chi connectivity index (χ0) is 17.1. The molecule has 0 fully saturated rings.